The van der Waals surface area contributed by atoms with Crippen LogP contribution in [0.3, 0.4) is 0 Å². The van der Waals surface area contributed by atoms with Crippen molar-refractivity contribution in [3.8, 4) is 0 Å². The number of ether oxygens (including phenoxy) is 1. The van der Waals surface area contributed by atoms with E-state index < -0.39 is 11.6 Å². The van der Waals surface area contributed by atoms with Crippen molar-refractivity contribution >= 4 is 0 Å². The Bertz CT molecular complexity index is 297. The van der Waals surface area contributed by atoms with Crippen LogP contribution in [0.2, 0.25) is 0 Å². The van der Waals surface area contributed by atoms with Crippen molar-refractivity contribution in [1.29, 1.82) is 0 Å². The molecule has 0 radical (unpaired) electrons. The molecule has 1 rings (SSSR count). The minimum Gasteiger partial charge on any atom is -0.385 e. The summed E-state index contributed by atoms with van der Waals surface area (Å²) in [5.74, 6) is -1.11. The van der Waals surface area contributed by atoms with Gasteiger partial charge < -0.3 is 10.1 Å². The molecular formula is C11H15F2NO. The van der Waals surface area contributed by atoms with E-state index in [9.17, 15) is 8.78 Å². The van der Waals surface area contributed by atoms with Gasteiger partial charge in [0.1, 0.15) is 11.6 Å². The summed E-state index contributed by atoms with van der Waals surface area (Å²) in [6.45, 7) is 0.545. The number of methoxy groups -OCH3 is 1. The maximum Gasteiger partial charge on any atom is 0.126 e. The quantitative estimate of drug-likeness (QED) is 0.813. The first kappa shape index (κ1) is 12.1. The van der Waals surface area contributed by atoms with Crippen molar-refractivity contribution in [2.24, 2.45) is 0 Å². The van der Waals surface area contributed by atoms with Gasteiger partial charge in [0.2, 0.25) is 0 Å². The van der Waals surface area contributed by atoms with Crippen LogP contribution in [0.1, 0.15) is 18.0 Å². The van der Waals surface area contributed by atoms with Gasteiger partial charge in [0.05, 0.1) is 0 Å². The van der Waals surface area contributed by atoms with Crippen molar-refractivity contribution in [2.75, 3.05) is 20.8 Å². The van der Waals surface area contributed by atoms with Gasteiger partial charge >= 0.3 is 0 Å². The highest BCUT2D eigenvalue weighted by molar-refractivity contribution is 5.21. The van der Waals surface area contributed by atoms with E-state index >= 15 is 0 Å². The van der Waals surface area contributed by atoms with Crippen LogP contribution in [0.25, 0.3) is 0 Å². The number of hydrogen-bond acceptors (Lipinski definition) is 2. The van der Waals surface area contributed by atoms with E-state index in [-0.39, 0.29) is 6.04 Å². The minimum absolute atomic E-state index is 0.0878. The molecule has 1 atom stereocenters. The largest absolute Gasteiger partial charge is 0.385 e. The highest BCUT2D eigenvalue weighted by Gasteiger charge is 2.11. The molecule has 0 aliphatic heterocycles. The summed E-state index contributed by atoms with van der Waals surface area (Å²) in [5, 5.41) is 2.99. The highest BCUT2D eigenvalue weighted by Crippen LogP contribution is 2.18. The Morgan fingerprint density at radius 3 is 2.33 bits per heavy atom. The molecule has 4 heteroatoms. The van der Waals surface area contributed by atoms with Crippen LogP contribution in [-0.2, 0) is 4.74 Å². The molecule has 2 nitrogen and oxygen atoms in total. The fraction of sp³-hybridized carbons (Fsp3) is 0.455. The predicted molar refractivity (Wildman–Crippen MR) is 54.7 cm³/mol. The topological polar surface area (TPSA) is 21.3 Å². The second kappa shape index (κ2) is 5.78. The first-order chi connectivity index (χ1) is 7.17. The summed E-state index contributed by atoms with van der Waals surface area (Å²) >= 11 is 0. The lowest BCUT2D eigenvalue weighted by Crippen LogP contribution is -2.18. The second-order valence-corrected chi connectivity index (χ2v) is 3.33. The molecule has 1 aromatic carbocycles. The lowest BCUT2D eigenvalue weighted by atomic mass is 10.0. The molecule has 0 fully saturated rings. The van der Waals surface area contributed by atoms with Crippen LogP contribution < -0.4 is 5.32 Å². The molecular weight excluding hydrogens is 200 g/mol. The first-order valence-corrected chi connectivity index (χ1v) is 4.79. The third-order valence-electron chi connectivity index (χ3n) is 2.25. The summed E-state index contributed by atoms with van der Waals surface area (Å²) < 4.78 is 30.8. The van der Waals surface area contributed by atoms with Crippen molar-refractivity contribution in [2.45, 2.75) is 12.5 Å². The van der Waals surface area contributed by atoms with Gasteiger partial charge in [0.15, 0.2) is 0 Å². The average molecular weight is 215 g/mol. The van der Waals surface area contributed by atoms with Gasteiger partial charge in [0.25, 0.3) is 0 Å². The Morgan fingerprint density at radius 2 is 1.87 bits per heavy atom. The van der Waals surface area contributed by atoms with E-state index in [1.165, 1.54) is 12.1 Å². The van der Waals surface area contributed by atoms with Gasteiger partial charge in [-0.05, 0) is 31.2 Å². The van der Waals surface area contributed by atoms with E-state index in [1.807, 2.05) is 0 Å². The standard InChI is InChI=1S/C11H15F2NO/c1-14-11(3-4-15-2)8-5-9(12)7-10(13)6-8/h5-7,11,14H,3-4H2,1-2H3. The predicted octanol–water partition coefficient (Wildman–Crippen LogP) is 2.26. The van der Waals surface area contributed by atoms with E-state index in [2.05, 4.69) is 5.32 Å². The SMILES string of the molecule is CNC(CCOC)c1cc(F)cc(F)c1. The Balaban J connectivity index is 2.81. The van der Waals surface area contributed by atoms with Crippen molar-refractivity contribution < 1.29 is 13.5 Å². The first-order valence-electron chi connectivity index (χ1n) is 4.79. The van der Waals surface area contributed by atoms with Gasteiger partial charge in [-0.25, -0.2) is 8.78 Å². The second-order valence-electron chi connectivity index (χ2n) is 3.33. The smallest absolute Gasteiger partial charge is 0.126 e. The molecule has 0 saturated carbocycles. The maximum atomic E-state index is 12.9. The molecule has 1 aromatic rings. The molecule has 0 saturated heterocycles. The van der Waals surface area contributed by atoms with Gasteiger partial charge in [-0.3, -0.25) is 0 Å². The molecule has 0 heterocycles. The summed E-state index contributed by atoms with van der Waals surface area (Å²) in [6, 6.07) is 3.45. The third-order valence-corrected chi connectivity index (χ3v) is 2.25. The van der Waals surface area contributed by atoms with Gasteiger partial charge in [-0.2, -0.15) is 0 Å². The fourth-order valence-corrected chi connectivity index (χ4v) is 1.49. The Morgan fingerprint density at radius 1 is 1.27 bits per heavy atom. The lowest BCUT2D eigenvalue weighted by Gasteiger charge is -2.16. The van der Waals surface area contributed by atoms with E-state index in [1.54, 1.807) is 14.2 Å². The summed E-state index contributed by atoms with van der Waals surface area (Å²) in [4.78, 5) is 0. The summed E-state index contributed by atoms with van der Waals surface area (Å²) in [7, 11) is 3.35. The number of halogens is 2. The maximum absolute atomic E-state index is 12.9. The molecule has 0 aliphatic rings. The van der Waals surface area contributed by atoms with Crippen LogP contribution in [0, 0.1) is 11.6 Å². The van der Waals surface area contributed by atoms with Crippen molar-refractivity contribution in [3.63, 3.8) is 0 Å². The molecule has 84 valence electrons. The zero-order valence-electron chi connectivity index (χ0n) is 8.89. The van der Waals surface area contributed by atoms with Crippen LogP contribution in [0.4, 0.5) is 8.78 Å². The fourth-order valence-electron chi connectivity index (χ4n) is 1.49. The molecule has 0 amide bonds. The monoisotopic (exact) mass is 215 g/mol. The van der Waals surface area contributed by atoms with Crippen LogP contribution in [0.5, 0.6) is 0 Å². The highest BCUT2D eigenvalue weighted by atomic mass is 19.1. The Hall–Kier alpha value is -1.00. The number of nitrogens with one attached hydrogen (secondary N) is 1. The summed E-state index contributed by atoms with van der Waals surface area (Å²) in [5.41, 5.74) is 0.604. The number of rotatable bonds is 5. The van der Waals surface area contributed by atoms with Crippen LogP contribution in [0.15, 0.2) is 18.2 Å². The van der Waals surface area contributed by atoms with E-state index in [0.717, 1.165) is 6.07 Å². The lowest BCUT2D eigenvalue weighted by molar-refractivity contribution is 0.184. The third kappa shape index (κ3) is 3.57. The van der Waals surface area contributed by atoms with Gasteiger partial charge in [-0.15, -0.1) is 0 Å². The van der Waals surface area contributed by atoms with Crippen LogP contribution >= 0.6 is 0 Å². The number of benzene rings is 1. The molecule has 0 spiro atoms. The molecule has 1 N–H and O–H groups in total. The van der Waals surface area contributed by atoms with Crippen molar-refractivity contribution in [3.05, 3.63) is 35.4 Å². The average Bonchev–Trinajstić information content (AvgIpc) is 2.17. The zero-order chi connectivity index (χ0) is 11.3. The van der Waals surface area contributed by atoms with Gasteiger partial charge in [-0.1, -0.05) is 0 Å². The van der Waals surface area contributed by atoms with Crippen LogP contribution in [-0.4, -0.2) is 20.8 Å². The molecule has 15 heavy (non-hydrogen) atoms. The number of hydrogen-bond donors (Lipinski definition) is 1. The van der Waals surface area contributed by atoms with Gasteiger partial charge in [0, 0.05) is 25.8 Å². The van der Waals surface area contributed by atoms with E-state index in [4.69, 9.17) is 4.74 Å². The molecule has 0 aromatic heterocycles. The molecule has 0 bridgehead atoms. The van der Waals surface area contributed by atoms with E-state index in [0.29, 0.717) is 18.6 Å². The molecule has 1 unspecified atom stereocenters. The van der Waals surface area contributed by atoms with Crippen molar-refractivity contribution in [1.82, 2.24) is 5.32 Å². The zero-order valence-corrected chi connectivity index (χ0v) is 8.89. The Kier molecular flexibility index (Phi) is 4.65. The normalized spacial score (nSPS) is 12.8. The Labute approximate surface area is 88.3 Å². The minimum atomic E-state index is -0.553. The summed E-state index contributed by atoms with van der Waals surface area (Å²) in [6.07, 6.45) is 0.676. The molecule has 0 aliphatic carbocycles.